The Morgan fingerprint density at radius 2 is 1.46 bits per heavy atom. The quantitative estimate of drug-likeness (QED) is 0.165. The van der Waals surface area contributed by atoms with Gasteiger partial charge in [0, 0.05) is 61.2 Å². The number of hydrogen-bond acceptors (Lipinski definition) is 4. The van der Waals surface area contributed by atoms with E-state index in [0.717, 1.165) is 66.4 Å². The second-order valence-electron chi connectivity index (χ2n) is 14.6. The summed E-state index contributed by atoms with van der Waals surface area (Å²) in [5, 5.41) is 3.20. The van der Waals surface area contributed by atoms with Crippen LogP contribution in [0.4, 0.5) is 0 Å². The third-order valence-corrected chi connectivity index (χ3v) is 10.3. The fourth-order valence-corrected chi connectivity index (χ4v) is 7.52. The van der Waals surface area contributed by atoms with Gasteiger partial charge >= 0.3 is 0 Å². The number of thiophene rings is 1. The number of aryl methyl sites for hydroxylation is 6. The zero-order valence-corrected chi connectivity index (χ0v) is 34.4. The van der Waals surface area contributed by atoms with Crippen LogP contribution in [0.25, 0.3) is 65.7 Å². The maximum absolute atomic E-state index is 9.26. The molecule has 0 aliphatic carbocycles. The summed E-state index contributed by atoms with van der Waals surface area (Å²) in [5.41, 5.74) is 12.9. The Kier molecular flexibility index (Phi) is 9.94. The van der Waals surface area contributed by atoms with Crippen LogP contribution in [0.5, 0.6) is 0 Å². The predicted octanol–water partition coefficient (Wildman–Crippen LogP) is 13.3. The molecule has 3 nitrogen and oxygen atoms in total. The van der Waals surface area contributed by atoms with Gasteiger partial charge < -0.3 is 14.4 Å². The maximum atomic E-state index is 9.26. The summed E-state index contributed by atoms with van der Waals surface area (Å²) < 4.78 is 26.3. The van der Waals surface area contributed by atoms with Crippen LogP contribution in [0.3, 0.4) is 0 Å². The number of furan rings is 1. The topological polar surface area (TPSA) is 38.9 Å². The molecule has 8 rings (SSSR count). The van der Waals surface area contributed by atoms with Crippen molar-refractivity contribution in [1.29, 1.82) is 0 Å². The van der Waals surface area contributed by atoms with E-state index in [1.54, 1.807) is 11.3 Å². The molecule has 0 saturated heterocycles. The predicted molar refractivity (Wildman–Crippen MR) is 217 cm³/mol. The van der Waals surface area contributed by atoms with Crippen molar-refractivity contribution >= 4 is 43.4 Å². The summed E-state index contributed by atoms with van der Waals surface area (Å²) in [4.78, 5) is 10.6. The van der Waals surface area contributed by atoms with Gasteiger partial charge in [-0.1, -0.05) is 80.6 Å². The SMILES string of the molecule is Cc1c[c-]c(-c2cc(C)c(C)cn2)cc1.[2H]C([2H])(c1cc(-c2[c-]ccc3c2oc2c4cc(C)sc4ccc32)ncc1-c1c(C)cccc1C)C(C)(C)C.[Ir]. The van der Waals surface area contributed by atoms with E-state index in [2.05, 4.69) is 107 Å². The molecule has 4 heterocycles. The van der Waals surface area contributed by atoms with Crippen molar-refractivity contribution in [1.82, 2.24) is 9.97 Å². The van der Waals surface area contributed by atoms with E-state index in [9.17, 15) is 2.74 Å². The molecule has 0 unspecified atom stereocenters. The monoisotopic (exact) mass is 879 g/mol. The minimum atomic E-state index is -1.61. The normalized spacial score (nSPS) is 12.3. The number of nitrogens with zero attached hydrogens (tertiary/aromatic N) is 2. The van der Waals surface area contributed by atoms with E-state index in [0.29, 0.717) is 11.3 Å². The van der Waals surface area contributed by atoms with Gasteiger partial charge in [0.2, 0.25) is 0 Å². The molecule has 5 heteroatoms. The van der Waals surface area contributed by atoms with Gasteiger partial charge in [-0.3, -0.25) is 0 Å². The zero-order chi connectivity index (χ0) is 37.8. The molecule has 4 aromatic carbocycles. The molecule has 0 N–H and O–H groups in total. The Labute approximate surface area is 328 Å². The minimum Gasteiger partial charge on any atom is -0.500 e. The third-order valence-electron chi connectivity index (χ3n) is 9.26. The fraction of sp³-hybridized carbons (Fsp3) is 0.234. The van der Waals surface area contributed by atoms with Gasteiger partial charge in [0.05, 0.1) is 5.58 Å². The summed E-state index contributed by atoms with van der Waals surface area (Å²) in [6.45, 7) is 18.3. The van der Waals surface area contributed by atoms with Gasteiger partial charge in [0.15, 0.2) is 0 Å². The van der Waals surface area contributed by atoms with Crippen LogP contribution in [0, 0.1) is 59.1 Å². The van der Waals surface area contributed by atoms with Crippen molar-refractivity contribution < 1.29 is 27.3 Å². The molecule has 0 spiro atoms. The van der Waals surface area contributed by atoms with Crippen molar-refractivity contribution in [2.75, 3.05) is 0 Å². The van der Waals surface area contributed by atoms with Gasteiger partial charge in [0.25, 0.3) is 0 Å². The van der Waals surface area contributed by atoms with E-state index in [-0.39, 0.29) is 20.1 Å². The molecule has 0 atom stereocenters. The third kappa shape index (κ3) is 7.55. The second-order valence-corrected chi connectivity index (χ2v) is 15.9. The molecule has 1 radical (unpaired) electrons. The van der Waals surface area contributed by atoms with Gasteiger partial charge in [-0.15, -0.1) is 64.9 Å². The first-order valence-corrected chi connectivity index (χ1v) is 18.2. The first-order valence-electron chi connectivity index (χ1n) is 18.4. The Hall–Kier alpha value is -4.41. The summed E-state index contributed by atoms with van der Waals surface area (Å²) in [7, 11) is 0. The van der Waals surface area contributed by atoms with Crippen molar-refractivity contribution in [3.8, 4) is 33.6 Å². The maximum Gasteiger partial charge on any atom is 0.129 e. The van der Waals surface area contributed by atoms with E-state index >= 15 is 0 Å². The Bertz CT molecular complexity index is 2630. The number of benzene rings is 4. The summed E-state index contributed by atoms with van der Waals surface area (Å²) in [6, 6.07) is 33.4. The van der Waals surface area contributed by atoms with Gasteiger partial charge in [-0.25, -0.2) is 0 Å². The van der Waals surface area contributed by atoms with Crippen molar-refractivity contribution in [3.63, 3.8) is 0 Å². The van der Waals surface area contributed by atoms with Gasteiger partial charge in [-0.05, 0) is 97.7 Å². The van der Waals surface area contributed by atoms with Crippen LogP contribution in [-0.2, 0) is 26.5 Å². The largest absolute Gasteiger partial charge is 0.500 e. The molecule has 0 saturated carbocycles. The fourth-order valence-electron chi connectivity index (χ4n) is 6.60. The Balaban J connectivity index is 0.000000261. The number of fused-ring (bicyclic) bond motifs is 5. The molecule has 0 bridgehead atoms. The van der Waals surface area contributed by atoms with Crippen LogP contribution < -0.4 is 0 Å². The van der Waals surface area contributed by atoms with Gasteiger partial charge in [0.1, 0.15) is 5.58 Å². The molecule has 265 valence electrons. The first kappa shape index (κ1) is 34.7. The number of rotatable bonds is 4. The zero-order valence-electron chi connectivity index (χ0n) is 33.2. The van der Waals surface area contributed by atoms with Crippen molar-refractivity contribution in [2.45, 2.75) is 68.7 Å². The molecule has 52 heavy (non-hydrogen) atoms. The number of hydrogen-bond donors (Lipinski definition) is 0. The van der Waals surface area contributed by atoms with Crippen molar-refractivity contribution in [3.05, 3.63) is 142 Å². The molecule has 0 aliphatic rings. The Morgan fingerprint density at radius 1 is 0.731 bits per heavy atom. The number of aromatic nitrogens is 2. The molecule has 4 aromatic heterocycles. The first-order chi connectivity index (χ1) is 25.1. The van der Waals surface area contributed by atoms with Crippen LogP contribution in [0.2, 0.25) is 0 Å². The molecule has 8 aromatic rings. The van der Waals surface area contributed by atoms with Crippen LogP contribution in [-0.4, -0.2) is 9.97 Å². The average Bonchev–Trinajstić information content (AvgIpc) is 3.69. The Morgan fingerprint density at radius 3 is 2.15 bits per heavy atom. The smallest absolute Gasteiger partial charge is 0.129 e. The van der Waals surface area contributed by atoms with Crippen LogP contribution >= 0.6 is 11.3 Å². The second kappa shape index (κ2) is 14.9. The minimum absolute atomic E-state index is 0. The van der Waals surface area contributed by atoms with Crippen LogP contribution in [0.15, 0.2) is 95.7 Å². The summed E-state index contributed by atoms with van der Waals surface area (Å²) in [5.74, 6) is 0. The van der Waals surface area contributed by atoms with Crippen molar-refractivity contribution in [2.24, 2.45) is 5.41 Å². The van der Waals surface area contributed by atoms with E-state index < -0.39 is 11.8 Å². The van der Waals surface area contributed by atoms with E-state index in [4.69, 9.17) is 9.40 Å². The number of pyridine rings is 2. The standard InChI is InChI=1S/C33H30NOS.C14H14N.Ir/c1-19-9-7-10-20(2)30(19)27-18-34-28(16-22(27)17-33(4,5)6)25-12-8-11-23-24-13-14-29-26(15-21(3)36-29)32(24)35-31(23)25;1-10-4-6-13(7-5-10)14-8-11(2)12(3)9-15-14;/h7-11,13-16,18H,17H2,1-6H3;4-6,8-9H,1-3H3;/q2*-1;/i17D2;;. The van der Waals surface area contributed by atoms with E-state index in [1.165, 1.54) is 26.3 Å². The molecule has 0 amide bonds. The average molecular weight is 879 g/mol. The molecular weight excluding hydrogens is 833 g/mol. The van der Waals surface area contributed by atoms with Gasteiger partial charge in [-0.2, -0.15) is 0 Å². The molecule has 0 aliphatic heterocycles. The van der Waals surface area contributed by atoms with E-state index in [1.807, 2.05) is 63.5 Å². The van der Waals surface area contributed by atoms with Crippen LogP contribution in [0.1, 0.15) is 61.8 Å². The molecular formula is C47H44IrN2OS-2. The summed E-state index contributed by atoms with van der Waals surface area (Å²) in [6.07, 6.45) is 2.13. The summed E-state index contributed by atoms with van der Waals surface area (Å²) >= 11 is 1.76. The molecule has 0 fully saturated rings.